The first-order valence-electron chi connectivity index (χ1n) is 6.63. The number of pyridine rings is 1. The number of rotatable bonds is 8. The third-order valence-corrected chi connectivity index (χ3v) is 5.31. The number of sulfonamides is 1. The summed E-state index contributed by atoms with van der Waals surface area (Å²) in [4.78, 5) is 4.23. The van der Waals surface area contributed by atoms with E-state index in [0.717, 1.165) is 6.42 Å². The van der Waals surface area contributed by atoms with Gasteiger partial charge in [0.2, 0.25) is 10.0 Å². The highest BCUT2D eigenvalue weighted by Gasteiger charge is 2.30. The molecule has 0 fully saturated rings. The van der Waals surface area contributed by atoms with Crippen LogP contribution in [0.3, 0.4) is 0 Å². The Labute approximate surface area is 121 Å². The second kappa shape index (κ2) is 7.68. The van der Waals surface area contributed by atoms with Gasteiger partial charge in [0.1, 0.15) is 4.90 Å². The van der Waals surface area contributed by atoms with Crippen molar-refractivity contribution in [2.45, 2.75) is 37.8 Å². The zero-order valence-corrected chi connectivity index (χ0v) is 13.1. The highest BCUT2D eigenvalue weighted by molar-refractivity contribution is 7.89. The lowest BCUT2D eigenvalue weighted by Crippen LogP contribution is -2.41. The van der Waals surface area contributed by atoms with E-state index in [1.165, 1.54) is 4.31 Å². The molecule has 1 atom stereocenters. The van der Waals surface area contributed by atoms with Crippen LogP contribution < -0.4 is 5.73 Å². The van der Waals surface area contributed by atoms with Crippen molar-refractivity contribution in [3.63, 3.8) is 0 Å². The molecule has 7 heteroatoms. The predicted molar refractivity (Wildman–Crippen MR) is 77.6 cm³/mol. The summed E-state index contributed by atoms with van der Waals surface area (Å²) in [5.41, 5.74) is 5.97. The average molecular weight is 301 g/mol. The standard InChI is InChI=1S/C13H23N3O3S/c1-4-11(2)16(8-9-19-3)20(17,18)13-6-5-7-15-12(13)10-14/h5-7,11H,4,8-10,14H2,1-3H3. The van der Waals surface area contributed by atoms with Crippen LogP contribution in [0.2, 0.25) is 0 Å². The van der Waals surface area contributed by atoms with E-state index in [-0.39, 0.29) is 17.5 Å². The molecule has 0 aliphatic rings. The van der Waals surface area contributed by atoms with Gasteiger partial charge in [0.25, 0.3) is 0 Å². The molecule has 114 valence electrons. The van der Waals surface area contributed by atoms with Crippen molar-refractivity contribution >= 4 is 10.0 Å². The fourth-order valence-corrected chi connectivity index (χ4v) is 3.77. The Bertz CT molecular complexity index is 519. The zero-order valence-electron chi connectivity index (χ0n) is 12.2. The van der Waals surface area contributed by atoms with Crippen molar-refractivity contribution in [1.82, 2.24) is 9.29 Å². The van der Waals surface area contributed by atoms with E-state index in [0.29, 0.717) is 18.8 Å². The van der Waals surface area contributed by atoms with Crippen molar-refractivity contribution < 1.29 is 13.2 Å². The van der Waals surface area contributed by atoms with Crippen LogP contribution in [0.1, 0.15) is 26.0 Å². The van der Waals surface area contributed by atoms with Crippen LogP contribution in [0.5, 0.6) is 0 Å². The van der Waals surface area contributed by atoms with Crippen LogP contribution in [0.25, 0.3) is 0 Å². The van der Waals surface area contributed by atoms with Gasteiger partial charge in [-0.3, -0.25) is 4.98 Å². The lowest BCUT2D eigenvalue weighted by molar-refractivity contribution is 0.167. The van der Waals surface area contributed by atoms with Gasteiger partial charge >= 0.3 is 0 Å². The van der Waals surface area contributed by atoms with E-state index < -0.39 is 10.0 Å². The van der Waals surface area contributed by atoms with Gasteiger partial charge in [0.05, 0.1) is 12.3 Å². The van der Waals surface area contributed by atoms with E-state index >= 15 is 0 Å². The predicted octanol–water partition coefficient (Wildman–Crippen LogP) is 0.976. The Balaban J connectivity index is 3.21. The number of ether oxygens (including phenoxy) is 1. The van der Waals surface area contributed by atoms with Crippen LogP contribution in [0.15, 0.2) is 23.2 Å². The Morgan fingerprint density at radius 3 is 2.75 bits per heavy atom. The third kappa shape index (κ3) is 3.76. The van der Waals surface area contributed by atoms with Crippen molar-refractivity contribution in [3.8, 4) is 0 Å². The van der Waals surface area contributed by atoms with Gasteiger partial charge in [0.15, 0.2) is 0 Å². The fourth-order valence-electron chi connectivity index (χ4n) is 1.90. The maximum atomic E-state index is 12.8. The summed E-state index contributed by atoms with van der Waals surface area (Å²) in [6, 6.07) is 3.05. The molecule has 1 rings (SSSR count). The molecule has 1 aromatic heterocycles. The highest BCUT2D eigenvalue weighted by Crippen LogP contribution is 2.21. The number of nitrogens with zero attached hydrogens (tertiary/aromatic N) is 2. The summed E-state index contributed by atoms with van der Waals surface area (Å²) in [7, 11) is -2.06. The SMILES string of the molecule is CCC(C)N(CCOC)S(=O)(=O)c1cccnc1CN. The molecule has 0 amide bonds. The molecule has 0 radical (unpaired) electrons. The molecule has 6 nitrogen and oxygen atoms in total. The van der Waals surface area contributed by atoms with Crippen LogP contribution in [0.4, 0.5) is 0 Å². The Morgan fingerprint density at radius 1 is 1.50 bits per heavy atom. The van der Waals surface area contributed by atoms with Crippen molar-refractivity contribution in [2.24, 2.45) is 5.73 Å². The molecule has 0 saturated heterocycles. The fraction of sp³-hybridized carbons (Fsp3) is 0.615. The Hall–Kier alpha value is -1.02. The number of hydrogen-bond donors (Lipinski definition) is 1. The van der Waals surface area contributed by atoms with Crippen LogP contribution in [-0.2, 0) is 21.3 Å². The largest absolute Gasteiger partial charge is 0.383 e. The minimum Gasteiger partial charge on any atom is -0.383 e. The second-order valence-corrected chi connectivity index (χ2v) is 6.38. The maximum absolute atomic E-state index is 12.8. The average Bonchev–Trinajstić information content (AvgIpc) is 2.46. The van der Waals surface area contributed by atoms with Gasteiger partial charge in [-0.15, -0.1) is 0 Å². The van der Waals surface area contributed by atoms with Crippen LogP contribution >= 0.6 is 0 Å². The number of methoxy groups -OCH3 is 1. The van der Waals surface area contributed by atoms with E-state index in [1.54, 1.807) is 25.4 Å². The number of nitrogens with two attached hydrogens (primary N) is 1. The first kappa shape index (κ1) is 17.0. The molecule has 0 bridgehead atoms. The lowest BCUT2D eigenvalue weighted by atomic mass is 10.3. The van der Waals surface area contributed by atoms with Crippen LogP contribution in [0, 0.1) is 0 Å². The molecule has 1 aromatic rings. The first-order valence-corrected chi connectivity index (χ1v) is 8.07. The molecular weight excluding hydrogens is 278 g/mol. The quantitative estimate of drug-likeness (QED) is 0.773. The van der Waals surface area contributed by atoms with Gasteiger partial charge < -0.3 is 10.5 Å². The van der Waals surface area contributed by atoms with E-state index in [9.17, 15) is 8.42 Å². The van der Waals surface area contributed by atoms with E-state index in [1.807, 2.05) is 13.8 Å². The smallest absolute Gasteiger partial charge is 0.245 e. The normalized spacial score (nSPS) is 13.7. The molecule has 0 aliphatic heterocycles. The zero-order chi connectivity index (χ0) is 15.2. The maximum Gasteiger partial charge on any atom is 0.245 e. The summed E-state index contributed by atoms with van der Waals surface area (Å²) in [6.45, 7) is 4.58. The minimum atomic E-state index is -3.62. The molecule has 0 saturated carbocycles. The van der Waals surface area contributed by atoms with Crippen molar-refractivity contribution in [2.75, 3.05) is 20.3 Å². The molecule has 1 heterocycles. The van der Waals surface area contributed by atoms with Gasteiger partial charge in [-0.25, -0.2) is 8.42 Å². The molecule has 0 aliphatic carbocycles. The van der Waals surface area contributed by atoms with Gasteiger partial charge in [-0.05, 0) is 25.5 Å². The number of hydrogen-bond acceptors (Lipinski definition) is 5. The summed E-state index contributed by atoms with van der Waals surface area (Å²) in [6.07, 6.45) is 2.27. The monoisotopic (exact) mass is 301 g/mol. The van der Waals surface area contributed by atoms with E-state index in [4.69, 9.17) is 10.5 Å². The molecular formula is C13H23N3O3S. The van der Waals surface area contributed by atoms with Crippen molar-refractivity contribution in [3.05, 3.63) is 24.0 Å². The summed E-state index contributed by atoms with van der Waals surface area (Å²) >= 11 is 0. The van der Waals surface area contributed by atoms with Gasteiger partial charge in [0, 0.05) is 32.4 Å². The Kier molecular flexibility index (Phi) is 6.54. The number of aromatic nitrogens is 1. The van der Waals surface area contributed by atoms with Gasteiger partial charge in [-0.1, -0.05) is 6.92 Å². The third-order valence-electron chi connectivity index (χ3n) is 3.23. The molecule has 0 spiro atoms. The summed E-state index contributed by atoms with van der Waals surface area (Å²) in [5, 5.41) is 0. The molecule has 20 heavy (non-hydrogen) atoms. The summed E-state index contributed by atoms with van der Waals surface area (Å²) in [5.74, 6) is 0. The highest BCUT2D eigenvalue weighted by atomic mass is 32.2. The first-order chi connectivity index (χ1) is 9.48. The van der Waals surface area contributed by atoms with Crippen molar-refractivity contribution in [1.29, 1.82) is 0 Å². The topological polar surface area (TPSA) is 85.5 Å². The Morgan fingerprint density at radius 2 is 2.20 bits per heavy atom. The van der Waals surface area contributed by atoms with Crippen LogP contribution in [-0.4, -0.2) is 44.0 Å². The molecule has 2 N–H and O–H groups in total. The van der Waals surface area contributed by atoms with Gasteiger partial charge in [-0.2, -0.15) is 4.31 Å². The molecule has 1 unspecified atom stereocenters. The second-order valence-electron chi connectivity index (χ2n) is 4.52. The minimum absolute atomic E-state index is 0.0913. The summed E-state index contributed by atoms with van der Waals surface area (Å²) < 4.78 is 32.0. The molecule has 0 aromatic carbocycles. The lowest BCUT2D eigenvalue weighted by Gasteiger charge is -2.28. The van der Waals surface area contributed by atoms with E-state index in [2.05, 4.69) is 4.98 Å².